The summed E-state index contributed by atoms with van der Waals surface area (Å²) in [6, 6.07) is 13.1. The number of Topliss-reactive ketones (excluding diaryl/α,β-unsaturated/α-hetero) is 1. The number of aromatic nitrogens is 1. The van der Waals surface area contributed by atoms with Gasteiger partial charge in [0.05, 0.1) is 0 Å². The van der Waals surface area contributed by atoms with Gasteiger partial charge in [0, 0.05) is 11.1 Å². The molecule has 1 atom stereocenters. The maximum atomic E-state index is 12.8. The van der Waals surface area contributed by atoms with E-state index in [-0.39, 0.29) is 11.5 Å². The SMILES string of the molecule is Cc1cc(C)c(C(=O)[C@H](C)OC(=O)c2nc(-c3ccccc3)oc2C)cc1C. The van der Waals surface area contributed by atoms with Crippen LogP contribution in [0.4, 0.5) is 0 Å². The fourth-order valence-corrected chi connectivity index (χ4v) is 3.00. The minimum absolute atomic E-state index is 0.0790. The van der Waals surface area contributed by atoms with Crippen molar-refractivity contribution in [1.29, 1.82) is 0 Å². The van der Waals surface area contributed by atoms with Crippen LogP contribution < -0.4 is 0 Å². The van der Waals surface area contributed by atoms with Crippen LogP contribution in [0.5, 0.6) is 0 Å². The molecule has 5 nitrogen and oxygen atoms in total. The van der Waals surface area contributed by atoms with Gasteiger partial charge >= 0.3 is 5.97 Å². The topological polar surface area (TPSA) is 69.4 Å². The number of oxazole rings is 1. The number of aryl methyl sites for hydroxylation is 4. The lowest BCUT2D eigenvalue weighted by Gasteiger charge is -2.14. The summed E-state index contributed by atoms with van der Waals surface area (Å²) < 4.78 is 11.0. The lowest BCUT2D eigenvalue weighted by Crippen LogP contribution is -2.25. The summed E-state index contributed by atoms with van der Waals surface area (Å²) in [4.78, 5) is 29.6. The van der Waals surface area contributed by atoms with Crippen molar-refractivity contribution < 1.29 is 18.7 Å². The molecule has 0 saturated carbocycles. The second-order valence-corrected chi connectivity index (χ2v) is 6.95. The highest BCUT2D eigenvalue weighted by molar-refractivity contribution is 6.02. The number of esters is 1. The second-order valence-electron chi connectivity index (χ2n) is 6.95. The average molecular weight is 377 g/mol. The maximum absolute atomic E-state index is 12.8. The van der Waals surface area contributed by atoms with E-state index in [1.807, 2.05) is 63.2 Å². The van der Waals surface area contributed by atoms with E-state index in [9.17, 15) is 9.59 Å². The third-order valence-electron chi connectivity index (χ3n) is 4.77. The van der Waals surface area contributed by atoms with Crippen molar-refractivity contribution in [3.63, 3.8) is 0 Å². The molecule has 3 aromatic rings. The molecular formula is C23H23NO4. The lowest BCUT2D eigenvalue weighted by molar-refractivity contribution is 0.0311. The summed E-state index contributed by atoms with van der Waals surface area (Å²) in [5, 5.41) is 0. The fourth-order valence-electron chi connectivity index (χ4n) is 3.00. The monoisotopic (exact) mass is 377 g/mol. The van der Waals surface area contributed by atoms with Crippen molar-refractivity contribution in [2.75, 3.05) is 0 Å². The first-order valence-electron chi connectivity index (χ1n) is 9.13. The van der Waals surface area contributed by atoms with E-state index in [4.69, 9.17) is 9.15 Å². The van der Waals surface area contributed by atoms with Crippen LogP contribution in [0.15, 0.2) is 46.9 Å². The van der Waals surface area contributed by atoms with Crippen LogP contribution >= 0.6 is 0 Å². The maximum Gasteiger partial charge on any atom is 0.361 e. The van der Waals surface area contributed by atoms with Gasteiger partial charge < -0.3 is 9.15 Å². The molecule has 0 aliphatic carbocycles. The van der Waals surface area contributed by atoms with Crippen molar-refractivity contribution in [3.8, 4) is 11.5 Å². The van der Waals surface area contributed by atoms with Crippen LogP contribution in [-0.2, 0) is 4.74 Å². The Labute approximate surface area is 164 Å². The van der Waals surface area contributed by atoms with Gasteiger partial charge in [0.15, 0.2) is 11.8 Å². The third-order valence-corrected chi connectivity index (χ3v) is 4.77. The summed E-state index contributed by atoms with van der Waals surface area (Å²) >= 11 is 0. The zero-order valence-electron chi connectivity index (χ0n) is 16.7. The molecule has 1 aromatic heterocycles. The lowest BCUT2D eigenvalue weighted by atomic mass is 9.96. The van der Waals surface area contributed by atoms with E-state index >= 15 is 0 Å². The summed E-state index contributed by atoms with van der Waals surface area (Å²) in [5.41, 5.74) is 4.40. The molecule has 0 spiro atoms. The number of benzene rings is 2. The van der Waals surface area contributed by atoms with Gasteiger partial charge in [-0.3, -0.25) is 4.79 Å². The largest absolute Gasteiger partial charge is 0.449 e. The molecule has 5 heteroatoms. The number of hydrogen-bond donors (Lipinski definition) is 0. The third kappa shape index (κ3) is 3.88. The Morgan fingerprint density at radius 3 is 2.29 bits per heavy atom. The number of hydrogen-bond acceptors (Lipinski definition) is 5. The predicted molar refractivity (Wildman–Crippen MR) is 107 cm³/mol. The summed E-state index contributed by atoms with van der Waals surface area (Å²) in [7, 11) is 0. The van der Waals surface area contributed by atoms with Crippen molar-refractivity contribution in [1.82, 2.24) is 4.98 Å². The zero-order chi connectivity index (χ0) is 20.4. The molecule has 0 radical (unpaired) electrons. The number of ether oxygens (including phenoxy) is 1. The molecule has 0 N–H and O–H groups in total. The van der Waals surface area contributed by atoms with Crippen molar-refractivity contribution >= 4 is 11.8 Å². The Morgan fingerprint density at radius 2 is 1.61 bits per heavy atom. The quantitative estimate of drug-likeness (QED) is 0.462. The van der Waals surface area contributed by atoms with E-state index < -0.39 is 12.1 Å². The van der Waals surface area contributed by atoms with Gasteiger partial charge in [0.25, 0.3) is 0 Å². The molecule has 0 fully saturated rings. The van der Waals surface area contributed by atoms with Crippen LogP contribution in [0.1, 0.15) is 50.2 Å². The van der Waals surface area contributed by atoms with Gasteiger partial charge in [-0.15, -0.1) is 0 Å². The van der Waals surface area contributed by atoms with Crippen LogP contribution in [0.2, 0.25) is 0 Å². The van der Waals surface area contributed by atoms with E-state index in [1.165, 1.54) is 0 Å². The van der Waals surface area contributed by atoms with E-state index in [2.05, 4.69) is 4.98 Å². The predicted octanol–water partition coefficient (Wildman–Crippen LogP) is 5.00. The van der Waals surface area contributed by atoms with Crippen LogP contribution in [-0.4, -0.2) is 22.8 Å². The Kier molecular flexibility index (Phi) is 5.45. The molecule has 28 heavy (non-hydrogen) atoms. The normalized spacial score (nSPS) is 11.9. The minimum Gasteiger partial charge on any atom is -0.449 e. The number of carbonyl (C=O) groups excluding carboxylic acids is 2. The Bertz CT molecular complexity index is 1030. The summed E-state index contributed by atoms with van der Waals surface area (Å²) in [6.07, 6.45) is -0.926. The Morgan fingerprint density at radius 1 is 0.964 bits per heavy atom. The highest BCUT2D eigenvalue weighted by Gasteiger charge is 2.26. The molecular weight excluding hydrogens is 354 g/mol. The van der Waals surface area contributed by atoms with E-state index in [1.54, 1.807) is 13.8 Å². The highest BCUT2D eigenvalue weighted by Crippen LogP contribution is 2.23. The van der Waals surface area contributed by atoms with Crippen molar-refractivity contribution in [3.05, 3.63) is 76.2 Å². The standard InChI is InChI=1S/C23H23NO4/c1-13-11-15(3)19(12-14(13)2)21(25)17(5)28-23(26)20-16(4)27-22(24-20)18-9-7-6-8-10-18/h6-12,17H,1-5H3/t17-/m0/s1. The van der Waals surface area contributed by atoms with Gasteiger partial charge in [-0.1, -0.05) is 24.3 Å². The molecule has 0 bridgehead atoms. The average Bonchev–Trinajstić information content (AvgIpc) is 3.06. The molecule has 0 aliphatic heterocycles. The molecule has 3 rings (SSSR count). The summed E-state index contributed by atoms with van der Waals surface area (Å²) in [5.74, 6) is -0.218. The molecule has 1 heterocycles. The molecule has 0 saturated heterocycles. The molecule has 2 aromatic carbocycles. The molecule has 0 amide bonds. The van der Waals surface area contributed by atoms with Gasteiger partial charge in [-0.25, -0.2) is 9.78 Å². The van der Waals surface area contributed by atoms with Gasteiger partial charge in [0.2, 0.25) is 11.7 Å². The van der Waals surface area contributed by atoms with Gasteiger partial charge in [-0.05, 0) is 69.5 Å². The van der Waals surface area contributed by atoms with Crippen molar-refractivity contribution in [2.45, 2.75) is 40.7 Å². The minimum atomic E-state index is -0.926. The van der Waals surface area contributed by atoms with E-state index in [0.717, 1.165) is 22.3 Å². The van der Waals surface area contributed by atoms with E-state index in [0.29, 0.717) is 17.2 Å². The number of carbonyl (C=O) groups is 2. The first-order valence-corrected chi connectivity index (χ1v) is 9.13. The van der Waals surface area contributed by atoms with Gasteiger partial charge in [-0.2, -0.15) is 0 Å². The van der Waals surface area contributed by atoms with Crippen LogP contribution in [0.25, 0.3) is 11.5 Å². The Hall–Kier alpha value is -3.21. The highest BCUT2D eigenvalue weighted by atomic mass is 16.5. The summed E-state index contributed by atoms with van der Waals surface area (Å²) in [6.45, 7) is 9.05. The van der Waals surface area contributed by atoms with Crippen LogP contribution in [0, 0.1) is 27.7 Å². The first-order chi connectivity index (χ1) is 13.3. The van der Waals surface area contributed by atoms with Crippen molar-refractivity contribution in [2.24, 2.45) is 0 Å². The first kappa shape index (κ1) is 19.5. The molecule has 0 aliphatic rings. The number of rotatable bonds is 5. The smallest absolute Gasteiger partial charge is 0.361 e. The second kappa shape index (κ2) is 7.80. The number of ketones is 1. The fraction of sp³-hybridized carbons (Fsp3) is 0.261. The number of nitrogens with zero attached hydrogens (tertiary/aromatic N) is 1. The molecule has 144 valence electrons. The zero-order valence-corrected chi connectivity index (χ0v) is 16.7. The van der Waals surface area contributed by atoms with Crippen LogP contribution in [0.3, 0.4) is 0 Å². The van der Waals surface area contributed by atoms with Gasteiger partial charge in [0.1, 0.15) is 5.76 Å². The molecule has 0 unspecified atom stereocenters. The Balaban J connectivity index is 1.79.